The molecule has 0 amide bonds. The van der Waals surface area contributed by atoms with Crippen molar-refractivity contribution < 1.29 is 9.22 Å². The maximum atomic E-state index is 4.83. The van der Waals surface area contributed by atoms with Crippen molar-refractivity contribution in [2.45, 2.75) is 88.9 Å². The van der Waals surface area contributed by atoms with Gasteiger partial charge in [0, 0.05) is 34.6 Å². The fourth-order valence-corrected chi connectivity index (χ4v) is 5.00. The molecule has 0 radical (unpaired) electrons. The van der Waals surface area contributed by atoms with E-state index < -0.39 is 0 Å². The van der Waals surface area contributed by atoms with Crippen LogP contribution in [0.15, 0.2) is 102 Å². The highest BCUT2D eigenvalue weighted by Gasteiger charge is 2.06. The molecule has 0 aliphatic carbocycles. The quantitative estimate of drug-likeness (QED) is 0.0854. The van der Waals surface area contributed by atoms with Crippen molar-refractivity contribution in [3.63, 3.8) is 0 Å². The summed E-state index contributed by atoms with van der Waals surface area (Å²) in [5, 5.41) is 0. The first kappa shape index (κ1) is 37.3. The number of aromatic nitrogens is 3. The van der Waals surface area contributed by atoms with E-state index in [1.165, 1.54) is 46.3 Å². The van der Waals surface area contributed by atoms with Crippen LogP contribution in [0.3, 0.4) is 0 Å². The van der Waals surface area contributed by atoms with Crippen molar-refractivity contribution in [2.24, 2.45) is 0 Å². The van der Waals surface area contributed by atoms with Gasteiger partial charge in [-0.15, -0.1) is 11.8 Å². The second-order valence-corrected chi connectivity index (χ2v) is 12.3. The first-order valence-electron chi connectivity index (χ1n) is 14.4. The molecule has 42 heavy (non-hydrogen) atoms. The van der Waals surface area contributed by atoms with Crippen LogP contribution >= 0.6 is 23.8 Å². The molecule has 2 heterocycles. The molecule has 0 N–H and O–H groups in total. The van der Waals surface area contributed by atoms with Gasteiger partial charge < -0.3 is 0 Å². The van der Waals surface area contributed by atoms with Gasteiger partial charge in [-0.1, -0.05) is 97.9 Å². The van der Waals surface area contributed by atoms with E-state index in [1.807, 2.05) is 54.6 Å². The standard InChI is InChI=1S/C10H14O2S.C10H14S.C8H11N.C7H10N2/c1-8(2)9-6-4-5-7-10(9)13-12-11-3;1-8(2)9-6-4-5-7-10(9)11-3;1-7(2)8-4-3-5-9-6-8;1-6(2)7-3-8-5-9-4-7/h4-8H,1-3H3;4-8H,1-3H3;3-7H,1-2H3;3-6H,1-2H3. The van der Waals surface area contributed by atoms with Crippen molar-refractivity contribution in [1.29, 1.82) is 0 Å². The summed E-state index contributed by atoms with van der Waals surface area (Å²) in [6.07, 6.45) is 11.1. The molecule has 2 aromatic heterocycles. The Kier molecular flexibility index (Phi) is 19.5. The lowest BCUT2D eigenvalue weighted by Gasteiger charge is -2.09. The minimum Gasteiger partial charge on any atom is -0.264 e. The molecule has 5 nitrogen and oxygen atoms in total. The molecule has 7 heteroatoms. The SMILES string of the molecule is CC(C)c1cccnc1.CC(C)c1cncnc1.COOSc1ccccc1C(C)C.CSc1ccccc1C(C)C. The van der Waals surface area contributed by atoms with Crippen molar-refractivity contribution >= 4 is 23.8 Å². The van der Waals surface area contributed by atoms with Gasteiger partial charge in [0.2, 0.25) is 0 Å². The van der Waals surface area contributed by atoms with Crippen molar-refractivity contribution in [3.05, 3.63) is 114 Å². The molecule has 0 spiro atoms. The highest BCUT2D eigenvalue weighted by atomic mass is 32.2. The Balaban J connectivity index is 0.000000283. The number of rotatable bonds is 8. The number of hydrogen-bond acceptors (Lipinski definition) is 7. The van der Waals surface area contributed by atoms with Gasteiger partial charge in [0.05, 0.1) is 19.2 Å². The summed E-state index contributed by atoms with van der Waals surface area (Å²) in [5.41, 5.74) is 5.24. The molecule has 0 unspecified atom stereocenters. The van der Waals surface area contributed by atoms with E-state index in [9.17, 15) is 0 Å². The van der Waals surface area contributed by atoms with Crippen LogP contribution in [0.1, 0.15) is 101 Å². The molecule has 0 saturated carbocycles. The first-order valence-corrected chi connectivity index (χ1v) is 16.3. The van der Waals surface area contributed by atoms with Gasteiger partial charge >= 0.3 is 0 Å². The van der Waals surface area contributed by atoms with E-state index in [-0.39, 0.29) is 0 Å². The van der Waals surface area contributed by atoms with E-state index in [2.05, 4.69) is 118 Å². The zero-order chi connectivity index (χ0) is 31.3. The van der Waals surface area contributed by atoms with E-state index in [1.54, 1.807) is 12.5 Å². The van der Waals surface area contributed by atoms with Crippen LogP contribution in [0.4, 0.5) is 0 Å². The Morgan fingerprint density at radius 3 is 1.45 bits per heavy atom. The van der Waals surface area contributed by atoms with E-state index in [0.717, 1.165) is 4.90 Å². The third kappa shape index (κ3) is 15.0. The van der Waals surface area contributed by atoms with Crippen molar-refractivity contribution in [2.75, 3.05) is 13.4 Å². The third-order valence-corrected chi connectivity index (χ3v) is 7.66. The summed E-state index contributed by atoms with van der Waals surface area (Å²) in [7, 11) is 1.50. The van der Waals surface area contributed by atoms with Crippen LogP contribution in [0.25, 0.3) is 0 Å². The second kappa shape index (κ2) is 21.9. The van der Waals surface area contributed by atoms with Crippen LogP contribution in [0.5, 0.6) is 0 Å². The van der Waals surface area contributed by atoms with Gasteiger partial charge in [-0.2, -0.15) is 4.33 Å². The summed E-state index contributed by atoms with van der Waals surface area (Å²) in [4.78, 5) is 18.9. The Bertz CT molecular complexity index is 1180. The number of hydrogen-bond donors (Lipinski definition) is 0. The molecule has 2 aromatic carbocycles. The normalized spacial score (nSPS) is 10.4. The lowest BCUT2D eigenvalue weighted by Crippen LogP contribution is -1.90. The highest BCUT2D eigenvalue weighted by Crippen LogP contribution is 2.29. The number of pyridine rings is 1. The van der Waals surface area contributed by atoms with Crippen LogP contribution in [-0.4, -0.2) is 28.3 Å². The molecule has 0 aliphatic heterocycles. The molecule has 4 aromatic rings. The smallest absolute Gasteiger partial charge is 0.115 e. The minimum absolute atomic E-state index is 0.504. The Morgan fingerprint density at radius 1 is 0.571 bits per heavy atom. The predicted octanol–water partition coefficient (Wildman–Crippen LogP) is 10.7. The fourth-order valence-electron chi connectivity index (χ4n) is 3.57. The molecule has 4 rings (SSSR count). The van der Waals surface area contributed by atoms with E-state index in [0.29, 0.717) is 23.7 Å². The van der Waals surface area contributed by atoms with Gasteiger partial charge in [0.25, 0.3) is 0 Å². The van der Waals surface area contributed by atoms with Gasteiger partial charge in [-0.25, -0.2) is 14.9 Å². The molecular weight excluding hydrogens is 559 g/mol. The van der Waals surface area contributed by atoms with Gasteiger partial charge in [0.1, 0.15) is 6.33 Å². The average Bonchev–Trinajstić information content (AvgIpc) is 3.01. The largest absolute Gasteiger partial charge is 0.264 e. The van der Waals surface area contributed by atoms with Gasteiger partial charge in [-0.3, -0.25) is 4.98 Å². The molecular formula is C35H49N3O2S2. The fraction of sp³-hybridized carbons (Fsp3) is 0.400. The predicted molar refractivity (Wildman–Crippen MR) is 181 cm³/mol. The van der Waals surface area contributed by atoms with Crippen LogP contribution in [0.2, 0.25) is 0 Å². The molecule has 0 fully saturated rings. The molecule has 0 saturated heterocycles. The summed E-state index contributed by atoms with van der Waals surface area (Å²) in [5.74, 6) is 2.27. The van der Waals surface area contributed by atoms with Crippen LogP contribution in [0, 0.1) is 0 Å². The lowest BCUT2D eigenvalue weighted by molar-refractivity contribution is -0.160. The van der Waals surface area contributed by atoms with Crippen molar-refractivity contribution in [1.82, 2.24) is 15.0 Å². The van der Waals surface area contributed by atoms with Crippen LogP contribution < -0.4 is 0 Å². The maximum Gasteiger partial charge on any atom is 0.115 e. The van der Waals surface area contributed by atoms with Gasteiger partial charge in [0.15, 0.2) is 0 Å². The Morgan fingerprint density at radius 2 is 1.07 bits per heavy atom. The molecule has 0 atom stereocenters. The zero-order valence-electron chi connectivity index (χ0n) is 26.9. The van der Waals surface area contributed by atoms with E-state index in [4.69, 9.17) is 4.33 Å². The Hall–Kier alpha value is -2.71. The zero-order valence-corrected chi connectivity index (χ0v) is 28.6. The lowest BCUT2D eigenvalue weighted by atomic mass is 10.0. The maximum absolute atomic E-state index is 4.83. The summed E-state index contributed by atoms with van der Waals surface area (Å²) in [6, 6.07) is 20.8. The molecule has 0 bridgehead atoms. The second-order valence-electron chi connectivity index (χ2n) is 10.7. The average molecular weight is 608 g/mol. The van der Waals surface area contributed by atoms with Crippen molar-refractivity contribution in [3.8, 4) is 0 Å². The topological polar surface area (TPSA) is 57.1 Å². The van der Waals surface area contributed by atoms with Gasteiger partial charge in [-0.05, 0) is 70.4 Å². The van der Waals surface area contributed by atoms with Crippen LogP contribution in [-0.2, 0) is 9.22 Å². The Labute approximate surface area is 263 Å². The monoisotopic (exact) mass is 607 g/mol. The summed E-state index contributed by atoms with van der Waals surface area (Å²) < 4.78 is 4.83. The summed E-state index contributed by atoms with van der Waals surface area (Å²) >= 11 is 3.08. The molecule has 0 aliphatic rings. The molecule has 228 valence electrons. The number of benzene rings is 2. The summed E-state index contributed by atoms with van der Waals surface area (Å²) in [6.45, 7) is 17.4. The number of nitrogens with zero attached hydrogens (tertiary/aromatic N) is 3. The third-order valence-electron chi connectivity index (χ3n) is 6.09. The first-order chi connectivity index (χ1) is 20.1. The minimum atomic E-state index is 0.504. The highest BCUT2D eigenvalue weighted by molar-refractivity contribution is 7.98. The number of thioether (sulfide) groups is 1. The van der Waals surface area contributed by atoms with E-state index >= 15 is 0 Å².